The topological polar surface area (TPSA) is 55.8 Å². The van der Waals surface area contributed by atoms with Gasteiger partial charge in [-0.15, -0.1) is 0 Å². The molecule has 1 aliphatic rings. The number of esters is 1. The van der Waals surface area contributed by atoms with E-state index in [1.165, 1.54) is 19.3 Å². The fourth-order valence-corrected chi connectivity index (χ4v) is 1.42. The van der Waals surface area contributed by atoms with Gasteiger partial charge < -0.3 is 14.6 Å². The van der Waals surface area contributed by atoms with Crippen LogP contribution in [-0.2, 0) is 9.53 Å². The lowest BCUT2D eigenvalue weighted by Gasteiger charge is -2.11. The molecule has 0 aliphatic carbocycles. The van der Waals surface area contributed by atoms with Gasteiger partial charge in [-0.2, -0.15) is 0 Å². The van der Waals surface area contributed by atoms with Crippen molar-refractivity contribution in [3.05, 3.63) is 35.9 Å². The minimum absolute atomic E-state index is 0.0835. The van der Waals surface area contributed by atoms with Crippen LogP contribution in [0.2, 0.25) is 0 Å². The minimum atomic E-state index is -0.521. The Bertz CT molecular complexity index is 423. The van der Waals surface area contributed by atoms with Crippen LogP contribution >= 0.6 is 0 Å². The standard InChI is InChI=1S/C11H10O4/c1-14-7-2-3-9(12)8(6-7)10-4-5-11(13)15-10/h2-6,10,12H,1H3. The van der Waals surface area contributed by atoms with E-state index in [0.717, 1.165) is 0 Å². The lowest BCUT2D eigenvalue weighted by atomic mass is 10.1. The molecule has 0 amide bonds. The molecule has 1 N–H and O–H groups in total. The number of ether oxygens (including phenoxy) is 2. The number of rotatable bonds is 2. The third kappa shape index (κ3) is 1.79. The number of benzene rings is 1. The van der Waals surface area contributed by atoms with E-state index in [9.17, 15) is 9.90 Å². The van der Waals surface area contributed by atoms with Gasteiger partial charge in [0.05, 0.1) is 7.11 Å². The normalized spacial score (nSPS) is 19.0. The first-order valence-electron chi connectivity index (χ1n) is 4.46. The lowest BCUT2D eigenvalue weighted by molar-refractivity contribution is -0.138. The average Bonchev–Trinajstić information content (AvgIpc) is 2.65. The summed E-state index contributed by atoms with van der Waals surface area (Å²) in [5, 5.41) is 9.60. The highest BCUT2D eigenvalue weighted by molar-refractivity contribution is 5.84. The third-order valence-corrected chi connectivity index (χ3v) is 2.19. The summed E-state index contributed by atoms with van der Waals surface area (Å²) in [5.74, 6) is 0.293. The second kappa shape index (κ2) is 3.65. The van der Waals surface area contributed by atoms with E-state index in [1.807, 2.05) is 0 Å². The van der Waals surface area contributed by atoms with Crippen molar-refractivity contribution in [1.82, 2.24) is 0 Å². The lowest BCUT2D eigenvalue weighted by Crippen LogP contribution is -2.00. The Hall–Kier alpha value is -1.97. The molecule has 0 bridgehead atoms. The number of methoxy groups -OCH3 is 1. The van der Waals surface area contributed by atoms with Crippen LogP contribution in [0.1, 0.15) is 11.7 Å². The molecule has 0 radical (unpaired) electrons. The van der Waals surface area contributed by atoms with Crippen LogP contribution in [0.5, 0.6) is 11.5 Å². The zero-order valence-electron chi connectivity index (χ0n) is 8.14. The first-order chi connectivity index (χ1) is 7.20. The monoisotopic (exact) mass is 206 g/mol. The van der Waals surface area contributed by atoms with Crippen molar-refractivity contribution in [1.29, 1.82) is 0 Å². The van der Waals surface area contributed by atoms with Crippen LogP contribution in [0, 0.1) is 0 Å². The predicted molar refractivity (Wildman–Crippen MR) is 52.6 cm³/mol. The number of phenolic OH excluding ortho intramolecular Hbond substituents is 1. The van der Waals surface area contributed by atoms with Crippen LogP contribution in [-0.4, -0.2) is 18.2 Å². The molecular formula is C11H10O4. The second-order valence-electron chi connectivity index (χ2n) is 3.14. The Kier molecular flexibility index (Phi) is 2.33. The first kappa shape index (κ1) is 9.58. The Balaban J connectivity index is 2.34. The summed E-state index contributed by atoms with van der Waals surface area (Å²) < 4.78 is 9.98. The van der Waals surface area contributed by atoms with E-state index in [2.05, 4.69) is 0 Å². The van der Waals surface area contributed by atoms with E-state index in [0.29, 0.717) is 11.3 Å². The molecule has 0 aromatic heterocycles. The van der Waals surface area contributed by atoms with Crippen LogP contribution in [0.25, 0.3) is 0 Å². The molecule has 1 heterocycles. The summed E-state index contributed by atoms with van der Waals surface area (Å²) in [6, 6.07) is 4.79. The van der Waals surface area contributed by atoms with Gasteiger partial charge >= 0.3 is 5.97 Å². The van der Waals surface area contributed by atoms with Crippen LogP contribution in [0.4, 0.5) is 0 Å². The molecule has 4 nitrogen and oxygen atoms in total. The average molecular weight is 206 g/mol. The summed E-state index contributed by atoms with van der Waals surface area (Å²) >= 11 is 0. The maximum absolute atomic E-state index is 10.9. The molecule has 0 saturated heterocycles. The highest BCUT2D eigenvalue weighted by Crippen LogP contribution is 2.33. The summed E-state index contributed by atoms with van der Waals surface area (Å²) in [4.78, 5) is 10.9. The third-order valence-electron chi connectivity index (χ3n) is 2.19. The molecule has 2 rings (SSSR count). The van der Waals surface area contributed by atoms with Gasteiger partial charge in [0.2, 0.25) is 0 Å². The molecular weight excluding hydrogens is 196 g/mol. The molecule has 1 unspecified atom stereocenters. The van der Waals surface area contributed by atoms with Gasteiger partial charge in [0, 0.05) is 11.6 Å². The summed E-state index contributed by atoms with van der Waals surface area (Å²) in [7, 11) is 1.53. The number of hydrogen-bond acceptors (Lipinski definition) is 4. The Morgan fingerprint density at radius 3 is 2.87 bits per heavy atom. The van der Waals surface area contributed by atoms with Gasteiger partial charge in [-0.05, 0) is 24.3 Å². The summed E-state index contributed by atoms with van der Waals surface area (Å²) in [5.41, 5.74) is 0.524. The number of aromatic hydroxyl groups is 1. The number of cyclic esters (lactones) is 1. The van der Waals surface area contributed by atoms with E-state index in [4.69, 9.17) is 9.47 Å². The van der Waals surface area contributed by atoms with Crippen molar-refractivity contribution < 1.29 is 19.4 Å². The molecule has 1 aromatic carbocycles. The maximum Gasteiger partial charge on any atom is 0.331 e. The summed E-state index contributed by atoms with van der Waals surface area (Å²) in [6.07, 6.45) is 2.41. The molecule has 78 valence electrons. The van der Waals surface area contributed by atoms with E-state index >= 15 is 0 Å². The van der Waals surface area contributed by atoms with Crippen LogP contribution in [0.3, 0.4) is 0 Å². The predicted octanol–water partition coefficient (Wildman–Crippen LogP) is 1.55. The van der Waals surface area contributed by atoms with Crippen molar-refractivity contribution in [2.75, 3.05) is 7.11 Å². The fraction of sp³-hybridized carbons (Fsp3) is 0.182. The minimum Gasteiger partial charge on any atom is -0.508 e. The molecule has 0 spiro atoms. The highest BCUT2D eigenvalue weighted by Gasteiger charge is 2.21. The SMILES string of the molecule is COc1ccc(O)c(C2C=CC(=O)O2)c1. The number of carbonyl (C=O) groups is 1. The van der Waals surface area contributed by atoms with Crippen molar-refractivity contribution in [3.8, 4) is 11.5 Å². The molecule has 15 heavy (non-hydrogen) atoms. The molecule has 1 atom stereocenters. The van der Waals surface area contributed by atoms with Crippen LogP contribution in [0.15, 0.2) is 30.4 Å². The Morgan fingerprint density at radius 2 is 2.27 bits per heavy atom. The second-order valence-corrected chi connectivity index (χ2v) is 3.14. The number of phenols is 1. The van der Waals surface area contributed by atoms with Gasteiger partial charge in [-0.3, -0.25) is 0 Å². The van der Waals surface area contributed by atoms with E-state index in [1.54, 1.807) is 18.2 Å². The molecule has 0 fully saturated rings. The fourth-order valence-electron chi connectivity index (χ4n) is 1.42. The zero-order chi connectivity index (χ0) is 10.8. The summed E-state index contributed by atoms with van der Waals surface area (Å²) in [6.45, 7) is 0. The zero-order valence-corrected chi connectivity index (χ0v) is 8.14. The quantitative estimate of drug-likeness (QED) is 0.746. The van der Waals surface area contributed by atoms with Crippen molar-refractivity contribution >= 4 is 5.97 Å². The number of hydrogen-bond donors (Lipinski definition) is 1. The van der Waals surface area contributed by atoms with Gasteiger partial charge in [-0.1, -0.05) is 0 Å². The van der Waals surface area contributed by atoms with Crippen molar-refractivity contribution in [2.24, 2.45) is 0 Å². The number of carbonyl (C=O) groups excluding carboxylic acids is 1. The smallest absolute Gasteiger partial charge is 0.331 e. The van der Waals surface area contributed by atoms with Gasteiger partial charge in [-0.25, -0.2) is 4.79 Å². The Morgan fingerprint density at radius 1 is 1.47 bits per heavy atom. The van der Waals surface area contributed by atoms with Gasteiger partial charge in [0.1, 0.15) is 17.6 Å². The molecule has 1 aliphatic heterocycles. The van der Waals surface area contributed by atoms with E-state index in [-0.39, 0.29) is 5.75 Å². The molecule has 1 aromatic rings. The van der Waals surface area contributed by atoms with Gasteiger partial charge in [0.25, 0.3) is 0 Å². The maximum atomic E-state index is 10.9. The van der Waals surface area contributed by atoms with Crippen molar-refractivity contribution in [3.63, 3.8) is 0 Å². The van der Waals surface area contributed by atoms with Crippen LogP contribution < -0.4 is 4.74 Å². The largest absolute Gasteiger partial charge is 0.508 e. The Labute approximate surface area is 86.7 Å². The van der Waals surface area contributed by atoms with Gasteiger partial charge in [0.15, 0.2) is 0 Å². The van der Waals surface area contributed by atoms with E-state index < -0.39 is 12.1 Å². The highest BCUT2D eigenvalue weighted by atomic mass is 16.5. The molecule has 0 saturated carbocycles. The first-order valence-corrected chi connectivity index (χ1v) is 4.46. The molecule has 4 heteroatoms. The van der Waals surface area contributed by atoms with Crippen molar-refractivity contribution in [2.45, 2.75) is 6.10 Å².